The van der Waals surface area contributed by atoms with Crippen molar-refractivity contribution in [2.24, 2.45) is 5.92 Å². The van der Waals surface area contributed by atoms with Gasteiger partial charge in [0.2, 0.25) is 5.91 Å². The van der Waals surface area contributed by atoms with Crippen LogP contribution in [-0.2, 0) is 9.59 Å². The van der Waals surface area contributed by atoms with Crippen molar-refractivity contribution in [1.82, 2.24) is 14.5 Å². The Morgan fingerprint density at radius 2 is 2.04 bits per heavy atom. The topological polar surface area (TPSA) is 95.3 Å². The minimum atomic E-state index is -1.25. The number of aliphatic carboxylic acids is 1. The zero-order valence-electron chi connectivity index (χ0n) is 14.9. The number of carboxylic acids is 1. The molecule has 1 aliphatic rings. The first-order valence-electron chi connectivity index (χ1n) is 8.87. The Labute approximate surface area is 151 Å². The Hall–Kier alpha value is -2.70. The number of likely N-dealkylation sites (tertiary alicyclic amines) is 1. The van der Waals surface area contributed by atoms with Gasteiger partial charge in [0, 0.05) is 6.54 Å². The van der Waals surface area contributed by atoms with E-state index in [1.54, 1.807) is 24.3 Å². The van der Waals surface area contributed by atoms with Crippen LogP contribution in [0.4, 0.5) is 0 Å². The summed E-state index contributed by atoms with van der Waals surface area (Å²) in [6, 6.07) is 5.26. The number of para-hydroxylation sites is 1. The first-order valence-corrected chi connectivity index (χ1v) is 8.87. The molecule has 2 atom stereocenters. The molecule has 1 fully saturated rings. The van der Waals surface area contributed by atoms with Crippen LogP contribution in [0.15, 0.2) is 35.4 Å². The molecule has 0 unspecified atom stereocenters. The highest BCUT2D eigenvalue weighted by Gasteiger charge is 2.35. The summed E-state index contributed by atoms with van der Waals surface area (Å²) < 4.78 is 1.34. The Morgan fingerprint density at radius 3 is 2.73 bits per heavy atom. The molecule has 0 spiro atoms. The minimum Gasteiger partial charge on any atom is -0.548 e. The largest absolute Gasteiger partial charge is 0.548 e. The Morgan fingerprint density at radius 1 is 1.31 bits per heavy atom. The van der Waals surface area contributed by atoms with Crippen molar-refractivity contribution in [3.63, 3.8) is 0 Å². The normalized spacial score (nSPS) is 18.4. The highest BCUT2D eigenvalue weighted by atomic mass is 16.4. The molecule has 0 radical (unpaired) electrons. The fourth-order valence-corrected chi connectivity index (χ4v) is 3.55. The zero-order chi connectivity index (χ0) is 18.8. The summed E-state index contributed by atoms with van der Waals surface area (Å²) in [5.74, 6) is -1.46. The van der Waals surface area contributed by atoms with Gasteiger partial charge in [0.05, 0.1) is 29.2 Å². The van der Waals surface area contributed by atoms with Crippen LogP contribution < -0.4 is 10.7 Å². The fourth-order valence-electron chi connectivity index (χ4n) is 3.55. The Bertz CT molecular complexity index is 890. The monoisotopic (exact) mass is 356 g/mol. The predicted octanol–water partition coefficient (Wildman–Crippen LogP) is 0.725. The number of aromatic nitrogens is 2. The fraction of sp³-hybridized carbons (Fsp3) is 0.474. The number of rotatable bonds is 5. The van der Waals surface area contributed by atoms with Crippen molar-refractivity contribution in [3.8, 4) is 0 Å². The third kappa shape index (κ3) is 3.34. The number of carbonyl (C=O) groups is 2. The van der Waals surface area contributed by atoms with Gasteiger partial charge in [0.1, 0.15) is 6.04 Å². The molecule has 1 saturated heterocycles. The maximum absolute atomic E-state index is 13.1. The van der Waals surface area contributed by atoms with Gasteiger partial charge in [0.25, 0.3) is 5.56 Å². The second-order valence-corrected chi connectivity index (χ2v) is 7.13. The first-order chi connectivity index (χ1) is 12.4. The lowest BCUT2D eigenvalue weighted by Gasteiger charge is -2.30. The molecule has 1 aromatic heterocycles. The molecule has 2 heterocycles. The van der Waals surface area contributed by atoms with E-state index in [0.29, 0.717) is 36.7 Å². The zero-order valence-corrected chi connectivity index (χ0v) is 14.9. The van der Waals surface area contributed by atoms with Crippen molar-refractivity contribution in [1.29, 1.82) is 0 Å². The number of benzene rings is 1. The van der Waals surface area contributed by atoms with E-state index in [-0.39, 0.29) is 17.4 Å². The van der Waals surface area contributed by atoms with Crippen LogP contribution in [0.3, 0.4) is 0 Å². The number of hydrogen-bond acceptors (Lipinski definition) is 5. The quantitative estimate of drug-likeness (QED) is 0.787. The first kappa shape index (κ1) is 18.1. The van der Waals surface area contributed by atoms with Gasteiger partial charge in [0.15, 0.2) is 0 Å². The number of hydrogen-bond donors (Lipinski definition) is 0. The molecule has 138 valence electrons. The van der Waals surface area contributed by atoms with E-state index in [4.69, 9.17) is 0 Å². The van der Waals surface area contributed by atoms with Gasteiger partial charge >= 0.3 is 0 Å². The second-order valence-electron chi connectivity index (χ2n) is 7.13. The van der Waals surface area contributed by atoms with Crippen molar-refractivity contribution in [2.75, 3.05) is 6.54 Å². The minimum absolute atomic E-state index is 0.145. The maximum atomic E-state index is 13.1. The van der Waals surface area contributed by atoms with Crippen LogP contribution in [-0.4, -0.2) is 38.9 Å². The number of carbonyl (C=O) groups excluding carboxylic acids is 2. The van der Waals surface area contributed by atoms with E-state index >= 15 is 0 Å². The second kappa shape index (κ2) is 7.27. The van der Waals surface area contributed by atoms with Gasteiger partial charge < -0.3 is 14.8 Å². The highest BCUT2D eigenvalue weighted by molar-refractivity contribution is 5.86. The lowest BCUT2D eigenvalue weighted by atomic mass is 10.0. The summed E-state index contributed by atoms with van der Waals surface area (Å²) in [5.41, 5.74) is 0.275. The maximum Gasteiger partial charge on any atom is 0.261 e. The number of nitrogens with zero attached hydrogens (tertiary/aromatic N) is 3. The molecule has 0 N–H and O–H groups in total. The number of carboxylic acid groups (broad SMARTS) is 1. The third-order valence-corrected chi connectivity index (χ3v) is 4.81. The van der Waals surface area contributed by atoms with Crippen molar-refractivity contribution in [3.05, 3.63) is 40.9 Å². The van der Waals surface area contributed by atoms with Crippen LogP contribution in [0.5, 0.6) is 0 Å². The van der Waals surface area contributed by atoms with Gasteiger partial charge in [-0.25, -0.2) is 4.98 Å². The van der Waals surface area contributed by atoms with Gasteiger partial charge in [-0.15, -0.1) is 0 Å². The SMILES string of the molecule is CC(C)C[C@@H](C(=O)N1CCC[C@@H]1C(=O)[O-])n1cnc2ccccc2c1=O. The molecule has 0 saturated carbocycles. The van der Waals surface area contributed by atoms with Crippen LogP contribution >= 0.6 is 0 Å². The summed E-state index contributed by atoms with van der Waals surface area (Å²) in [5, 5.41) is 11.8. The Balaban J connectivity index is 2.04. The summed E-state index contributed by atoms with van der Waals surface area (Å²) in [6.45, 7) is 4.28. The summed E-state index contributed by atoms with van der Waals surface area (Å²) in [7, 11) is 0. The number of amides is 1. The van der Waals surface area contributed by atoms with Crippen molar-refractivity contribution in [2.45, 2.75) is 45.2 Å². The molecule has 2 aromatic rings. The molecule has 1 aliphatic heterocycles. The molecule has 7 nitrogen and oxygen atoms in total. The molecular formula is C19H22N3O4-. The van der Waals surface area contributed by atoms with Crippen molar-refractivity contribution < 1.29 is 14.7 Å². The van der Waals surface area contributed by atoms with E-state index in [2.05, 4.69) is 4.98 Å². The molecule has 0 bridgehead atoms. The molecule has 0 aliphatic carbocycles. The molecule has 3 rings (SSSR count). The van der Waals surface area contributed by atoms with Gasteiger partial charge in [-0.2, -0.15) is 0 Å². The molecule has 26 heavy (non-hydrogen) atoms. The van der Waals surface area contributed by atoms with E-state index in [9.17, 15) is 19.5 Å². The van der Waals surface area contributed by atoms with Gasteiger partial charge in [-0.1, -0.05) is 26.0 Å². The molecule has 7 heteroatoms. The van der Waals surface area contributed by atoms with E-state index in [1.807, 2.05) is 13.8 Å². The Kier molecular flexibility index (Phi) is 5.06. The average molecular weight is 356 g/mol. The van der Waals surface area contributed by atoms with Crippen LogP contribution in [0.25, 0.3) is 10.9 Å². The smallest absolute Gasteiger partial charge is 0.261 e. The third-order valence-electron chi connectivity index (χ3n) is 4.81. The van der Waals surface area contributed by atoms with Gasteiger partial charge in [-0.05, 0) is 37.3 Å². The standard InChI is InChI=1S/C19H23N3O4/c1-12(2)10-16(18(24)21-9-5-8-15(21)19(25)26)22-11-20-14-7-4-3-6-13(14)17(22)23/h3-4,6-7,11-12,15-16H,5,8-10H2,1-2H3,(H,25,26)/p-1/t15-,16+/m1/s1. The van der Waals surface area contributed by atoms with E-state index in [1.165, 1.54) is 15.8 Å². The lowest BCUT2D eigenvalue weighted by Crippen LogP contribution is -2.50. The predicted molar refractivity (Wildman–Crippen MR) is 94.2 cm³/mol. The summed E-state index contributed by atoms with van der Waals surface area (Å²) in [4.78, 5) is 43.0. The lowest BCUT2D eigenvalue weighted by molar-refractivity contribution is -0.310. The van der Waals surface area contributed by atoms with Crippen LogP contribution in [0.2, 0.25) is 0 Å². The summed E-state index contributed by atoms with van der Waals surface area (Å²) >= 11 is 0. The molecule has 1 amide bonds. The van der Waals surface area contributed by atoms with E-state index < -0.39 is 18.1 Å². The highest BCUT2D eigenvalue weighted by Crippen LogP contribution is 2.25. The van der Waals surface area contributed by atoms with Crippen LogP contribution in [0.1, 0.15) is 39.2 Å². The molecule has 1 aromatic carbocycles. The number of fused-ring (bicyclic) bond motifs is 1. The van der Waals surface area contributed by atoms with E-state index in [0.717, 1.165) is 0 Å². The van der Waals surface area contributed by atoms with Crippen LogP contribution in [0, 0.1) is 5.92 Å². The molecular weight excluding hydrogens is 334 g/mol. The van der Waals surface area contributed by atoms with Gasteiger partial charge in [-0.3, -0.25) is 14.2 Å². The van der Waals surface area contributed by atoms with Crippen molar-refractivity contribution >= 4 is 22.8 Å². The summed E-state index contributed by atoms with van der Waals surface area (Å²) in [6.07, 6.45) is 2.81. The average Bonchev–Trinajstić information content (AvgIpc) is 3.10.